The number of aromatic nitrogens is 1. The molecule has 1 fully saturated rings. The number of anilines is 1. The lowest BCUT2D eigenvalue weighted by atomic mass is 10.1. The molecule has 0 spiro atoms. The van der Waals surface area contributed by atoms with E-state index in [0.29, 0.717) is 11.9 Å². The summed E-state index contributed by atoms with van der Waals surface area (Å²) in [4.78, 5) is 7.06. The normalized spacial score (nSPS) is 20.5. The Labute approximate surface area is 119 Å². The van der Waals surface area contributed by atoms with Crippen molar-refractivity contribution in [2.45, 2.75) is 31.7 Å². The van der Waals surface area contributed by atoms with E-state index < -0.39 is 0 Å². The SMILES string of the molecule is ClCC1CCCCCN1c1nccc2ccccc12. The highest BCUT2D eigenvalue weighted by atomic mass is 35.5. The van der Waals surface area contributed by atoms with Gasteiger partial charge in [-0.05, 0) is 24.3 Å². The van der Waals surface area contributed by atoms with Gasteiger partial charge < -0.3 is 4.90 Å². The Kier molecular flexibility index (Phi) is 3.88. The summed E-state index contributed by atoms with van der Waals surface area (Å²) >= 11 is 6.18. The van der Waals surface area contributed by atoms with Crippen molar-refractivity contribution in [3.8, 4) is 0 Å². The molecule has 1 saturated heterocycles. The molecule has 2 nitrogen and oxygen atoms in total. The molecule has 19 heavy (non-hydrogen) atoms. The molecule has 3 rings (SSSR count). The van der Waals surface area contributed by atoms with E-state index in [9.17, 15) is 0 Å². The van der Waals surface area contributed by atoms with E-state index in [1.54, 1.807) is 0 Å². The van der Waals surface area contributed by atoms with Crippen molar-refractivity contribution in [1.29, 1.82) is 0 Å². The van der Waals surface area contributed by atoms with Crippen LogP contribution in [0.2, 0.25) is 0 Å². The number of pyridine rings is 1. The van der Waals surface area contributed by atoms with Gasteiger partial charge in [0.05, 0.1) is 0 Å². The van der Waals surface area contributed by atoms with Crippen LogP contribution >= 0.6 is 11.6 Å². The molecule has 3 heteroatoms. The van der Waals surface area contributed by atoms with Gasteiger partial charge in [-0.3, -0.25) is 0 Å². The summed E-state index contributed by atoms with van der Waals surface area (Å²) in [7, 11) is 0. The minimum absolute atomic E-state index is 0.419. The Hall–Kier alpha value is -1.28. The molecule has 1 unspecified atom stereocenters. The highest BCUT2D eigenvalue weighted by Crippen LogP contribution is 2.29. The number of fused-ring (bicyclic) bond motifs is 1. The second-order valence-electron chi connectivity index (χ2n) is 5.21. The van der Waals surface area contributed by atoms with E-state index in [4.69, 9.17) is 11.6 Å². The number of halogens is 1. The monoisotopic (exact) mass is 274 g/mol. The molecule has 1 atom stereocenters. The molecule has 2 heterocycles. The van der Waals surface area contributed by atoms with Gasteiger partial charge in [0.15, 0.2) is 0 Å². The van der Waals surface area contributed by atoms with E-state index in [-0.39, 0.29) is 0 Å². The van der Waals surface area contributed by atoms with Crippen molar-refractivity contribution >= 4 is 28.2 Å². The summed E-state index contributed by atoms with van der Waals surface area (Å²) in [5.74, 6) is 1.79. The van der Waals surface area contributed by atoms with Crippen LogP contribution < -0.4 is 4.90 Å². The molecule has 1 aromatic carbocycles. The Morgan fingerprint density at radius 3 is 2.95 bits per heavy atom. The standard InChI is InChI=1S/C16H19ClN2/c17-12-14-7-2-1-5-11-19(14)16-15-8-4-3-6-13(15)9-10-18-16/h3-4,6,8-10,14H,1-2,5,7,11-12H2. The fourth-order valence-corrected chi connectivity index (χ4v) is 3.27. The van der Waals surface area contributed by atoms with E-state index in [2.05, 4.69) is 40.2 Å². The third kappa shape index (κ3) is 2.55. The van der Waals surface area contributed by atoms with E-state index in [1.807, 2.05) is 6.20 Å². The first-order valence-corrected chi connectivity index (χ1v) is 7.60. The number of hydrogen-bond donors (Lipinski definition) is 0. The Balaban J connectivity index is 2.06. The summed E-state index contributed by atoms with van der Waals surface area (Å²) in [5.41, 5.74) is 0. The fraction of sp³-hybridized carbons (Fsp3) is 0.438. The quantitative estimate of drug-likeness (QED) is 0.762. The molecule has 1 aliphatic rings. The van der Waals surface area contributed by atoms with Crippen LogP contribution in [0.25, 0.3) is 10.8 Å². The molecule has 0 bridgehead atoms. The molecule has 2 aromatic rings. The van der Waals surface area contributed by atoms with Crippen molar-refractivity contribution in [3.63, 3.8) is 0 Å². The molecule has 0 radical (unpaired) electrons. The van der Waals surface area contributed by atoms with Crippen LogP contribution in [0.4, 0.5) is 5.82 Å². The molecular weight excluding hydrogens is 256 g/mol. The van der Waals surface area contributed by atoms with Gasteiger partial charge in [0.1, 0.15) is 5.82 Å². The van der Waals surface area contributed by atoms with Crippen LogP contribution in [0.3, 0.4) is 0 Å². The highest BCUT2D eigenvalue weighted by Gasteiger charge is 2.22. The van der Waals surface area contributed by atoms with Gasteiger partial charge in [-0.2, -0.15) is 0 Å². The zero-order valence-corrected chi connectivity index (χ0v) is 11.8. The topological polar surface area (TPSA) is 16.1 Å². The van der Waals surface area contributed by atoms with Crippen molar-refractivity contribution in [2.24, 2.45) is 0 Å². The zero-order valence-electron chi connectivity index (χ0n) is 11.1. The maximum Gasteiger partial charge on any atom is 0.136 e. The van der Waals surface area contributed by atoms with E-state index in [1.165, 1.54) is 36.5 Å². The minimum atomic E-state index is 0.419. The number of benzene rings is 1. The molecule has 1 aliphatic heterocycles. The lowest BCUT2D eigenvalue weighted by Gasteiger charge is -2.30. The zero-order chi connectivity index (χ0) is 13.1. The Morgan fingerprint density at radius 2 is 2.05 bits per heavy atom. The van der Waals surface area contributed by atoms with Crippen LogP contribution in [0, 0.1) is 0 Å². The summed E-state index contributed by atoms with van der Waals surface area (Å²) in [6.07, 6.45) is 6.90. The van der Waals surface area contributed by atoms with Gasteiger partial charge in [0.2, 0.25) is 0 Å². The van der Waals surface area contributed by atoms with E-state index in [0.717, 1.165) is 12.4 Å². The largest absolute Gasteiger partial charge is 0.352 e. The maximum absolute atomic E-state index is 6.18. The third-order valence-corrected chi connectivity index (χ3v) is 4.34. The lowest BCUT2D eigenvalue weighted by Crippen LogP contribution is -2.36. The van der Waals surface area contributed by atoms with E-state index >= 15 is 0 Å². The molecule has 0 amide bonds. The predicted octanol–water partition coefficient (Wildman–Crippen LogP) is 4.22. The van der Waals surface area contributed by atoms with Gasteiger partial charge in [-0.1, -0.05) is 37.1 Å². The Bertz CT molecular complexity index is 550. The van der Waals surface area contributed by atoms with Crippen LogP contribution in [0.1, 0.15) is 25.7 Å². The van der Waals surface area contributed by atoms with Gasteiger partial charge >= 0.3 is 0 Å². The minimum Gasteiger partial charge on any atom is -0.352 e. The van der Waals surface area contributed by atoms with Crippen molar-refractivity contribution in [2.75, 3.05) is 17.3 Å². The van der Waals surface area contributed by atoms with Gasteiger partial charge in [0.25, 0.3) is 0 Å². The van der Waals surface area contributed by atoms with Crippen LogP contribution in [-0.4, -0.2) is 23.5 Å². The molecule has 0 N–H and O–H groups in total. The molecule has 1 aromatic heterocycles. The molecule has 100 valence electrons. The summed E-state index contributed by atoms with van der Waals surface area (Å²) in [5, 5.41) is 2.49. The number of rotatable bonds is 2. The first kappa shape index (κ1) is 12.7. The first-order chi connectivity index (χ1) is 9.40. The second-order valence-corrected chi connectivity index (χ2v) is 5.52. The fourth-order valence-electron chi connectivity index (χ4n) is 2.95. The van der Waals surface area contributed by atoms with Crippen LogP contribution in [-0.2, 0) is 0 Å². The number of hydrogen-bond acceptors (Lipinski definition) is 2. The van der Waals surface area contributed by atoms with Crippen LogP contribution in [0.15, 0.2) is 36.5 Å². The van der Waals surface area contributed by atoms with Crippen molar-refractivity contribution in [1.82, 2.24) is 4.98 Å². The van der Waals surface area contributed by atoms with Gasteiger partial charge in [-0.25, -0.2) is 4.98 Å². The Morgan fingerprint density at radius 1 is 1.16 bits per heavy atom. The highest BCUT2D eigenvalue weighted by molar-refractivity contribution is 6.18. The number of nitrogens with zero attached hydrogens (tertiary/aromatic N) is 2. The molecular formula is C16H19ClN2. The van der Waals surface area contributed by atoms with Crippen molar-refractivity contribution < 1.29 is 0 Å². The summed E-state index contributed by atoms with van der Waals surface area (Å²) < 4.78 is 0. The maximum atomic E-state index is 6.18. The molecule has 0 aliphatic carbocycles. The lowest BCUT2D eigenvalue weighted by molar-refractivity contribution is 0.617. The number of alkyl halides is 1. The second kappa shape index (κ2) is 5.79. The first-order valence-electron chi connectivity index (χ1n) is 7.06. The third-order valence-electron chi connectivity index (χ3n) is 3.98. The van der Waals surface area contributed by atoms with Crippen LogP contribution in [0.5, 0.6) is 0 Å². The summed E-state index contributed by atoms with van der Waals surface area (Å²) in [6.45, 7) is 1.07. The predicted molar refractivity (Wildman–Crippen MR) is 82.1 cm³/mol. The average molecular weight is 275 g/mol. The molecule has 0 saturated carbocycles. The smallest absolute Gasteiger partial charge is 0.136 e. The average Bonchev–Trinajstić information content (AvgIpc) is 2.71. The van der Waals surface area contributed by atoms with Gasteiger partial charge in [0, 0.05) is 30.0 Å². The summed E-state index contributed by atoms with van der Waals surface area (Å²) in [6, 6.07) is 11.0. The van der Waals surface area contributed by atoms with Crippen molar-refractivity contribution in [3.05, 3.63) is 36.5 Å². The van der Waals surface area contributed by atoms with Gasteiger partial charge in [-0.15, -0.1) is 11.6 Å².